The third-order valence-corrected chi connectivity index (χ3v) is 1.50. The summed E-state index contributed by atoms with van der Waals surface area (Å²) in [7, 11) is 0. The van der Waals surface area contributed by atoms with Gasteiger partial charge in [0.05, 0.1) is 6.20 Å². The minimum absolute atomic E-state index is 0.133. The Balaban J connectivity index is 2.40. The van der Waals surface area contributed by atoms with Gasteiger partial charge in [0.15, 0.2) is 0 Å². The number of anilines is 1. The molecule has 0 atom stereocenters. The first kappa shape index (κ1) is 7.47. The highest BCUT2D eigenvalue weighted by atomic mass is 16.5. The lowest BCUT2D eigenvalue weighted by Gasteiger charge is -2.04. The van der Waals surface area contributed by atoms with Crippen LogP contribution in [0.3, 0.4) is 0 Å². The molecule has 7 heteroatoms. The molecular weight excluding hydrogens is 178 g/mol. The van der Waals surface area contributed by atoms with E-state index in [1.807, 2.05) is 5.32 Å². The number of hydrogen-bond acceptors (Lipinski definition) is 5. The fourth-order valence-electron chi connectivity index (χ4n) is 0.944. The summed E-state index contributed by atoms with van der Waals surface area (Å²) >= 11 is 0. The topological polar surface area (TPSA) is 92.5 Å². The van der Waals surface area contributed by atoms with E-state index >= 15 is 0 Å². The number of nitrogens with zero attached hydrogens (tertiary/aromatic N) is 2. The van der Waals surface area contributed by atoms with Crippen molar-refractivity contribution >= 4 is 23.5 Å². The van der Waals surface area contributed by atoms with Gasteiger partial charge in [-0.25, -0.2) is 9.69 Å². The highest BCUT2D eigenvalue weighted by Crippen LogP contribution is 2.15. The lowest BCUT2D eigenvalue weighted by Crippen LogP contribution is -2.30. The smallest absolute Gasteiger partial charge is 0.336 e. The fraction of sp³-hybridized carbons (Fsp3) is 0. The second kappa shape index (κ2) is 2.41. The molecule has 0 aliphatic carbocycles. The third-order valence-electron chi connectivity index (χ3n) is 1.50. The molecule has 13 heavy (non-hydrogen) atoms. The molecular formula is C6H3N3O4. The van der Waals surface area contributed by atoms with Crippen molar-refractivity contribution in [2.24, 2.45) is 0 Å². The predicted molar refractivity (Wildman–Crippen MR) is 37.5 cm³/mol. The Morgan fingerprint density at radius 1 is 1.38 bits per heavy atom. The van der Waals surface area contributed by atoms with Gasteiger partial charge >= 0.3 is 17.8 Å². The van der Waals surface area contributed by atoms with Crippen LogP contribution < -0.4 is 10.2 Å². The monoisotopic (exact) mass is 181 g/mol. The minimum Gasteiger partial charge on any atom is -0.362 e. The largest absolute Gasteiger partial charge is 0.362 e. The molecule has 1 aromatic rings. The minimum atomic E-state index is -0.953. The van der Waals surface area contributed by atoms with Crippen LogP contribution in [-0.4, -0.2) is 23.0 Å². The van der Waals surface area contributed by atoms with Gasteiger partial charge in [-0.3, -0.25) is 14.9 Å². The van der Waals surface area contributed by atoms with Crippen LogP contribution >= 0.6 is 0 Å². The van der Waals surface area contributed by atoms with Gasteiger partial charge in [0.1, 0.15) is 12.0 Å². The fourth-order valence-corrected chi connectivity index (χ4v) is 0.944. The van der Waals surface area contributed by atoms with Gasteiger partial charge in [-0.1, -0.05) is 5.16 Å². The number of carbonyl (C=O) groups is 3. The van der Waals surface area contributed by atoms with E-state index in [1.165, 1.54) is 0 Å². The standard InChI is InChI=1S/C6H3N3O4/c10-4-5(11)9(6(12)8-4)3-1-7-13-2-3/h1-2H,(H,8,10,12). The van der Waals surface area contributed by atoms with Crippen molar-refractivity contribution in [1.29, 1.82) is 0 Å². The summed E-state index contributed by atoms with van der Waals surface area (Å²) in [6.07, 6.45) is 2.26. The van der Waals surface area contributed by atoms with Gasteiger partial charge < -0.3 is 4.52 Å². The van der Waals surface area contributed by atoms with Gasteiger partial charge in [-0.15, -0.1) is 0 Å². The quantitative estimate of drug-likeness (QED) is 0.454. The number of nitrogens with one attached hydrogen (secondary N) is 1. The number of rotatable bonds is 1. The molecule has 4 amide bonds. The van der Waals surface area contributed by atoms with E-state index in [4.69, 9.17) is 0 Å². The summed E-state index contributed by atoms with van der Waals surface area (Å²) in [5.41, 5.74) is 0.133. The van der Waals surface area contributed by atoms with E-state index in [2.05, 4.69) is 9.68 Å². The number of imide groups is 2. The van der Waals surface area contributed by atoms with Crippen LogP contribution in [0.5, 0.6) is 0 Å². The SMILES string of the molecule is O=C1NC(=O)N(c2cnoc2)C1=O. The van der Waals surface area contributed by atoms with E-state index < -0.39 is 17.8 Å². The van der Waals surface area contributed by atoms with Crippen molar-refractivity contribution in [3.05, 3.63) is 12.5 Å². The van der Waals surface area contributed by atoms with Crippen molar-refractivity contribution in [1.82, 2.24) is 10.5 Å². The number of urea groups is 1. The normalized spacial score (nSPS) is 16.6. The van der Waals surface area contributed by atoms with Crippen molar-refractivity contribution in [2.45, 2.75) is 0 Å². The molecule has 1 aliphatic rings. The number of hydrogen-bond donors (Lipinski definition) is 1. The Hall–Kier alpha value is -2.18. The molecule has 0 bridgehead atoms. The average molecular weight is 181 g/mol. The van der Waals surface area contributed by atoms with Crippen molar-refractivity contribution in [3.8, 4) is 0 Å². The zero-order chi connectivity index (χ0) is 9.42. The van der Waals surface area contributed by atoms with Crippen LogP contribution in [0.4, 0.5) is 10.5 Å². The molecule has 2 heterocycles. The molecule has 0 aromatic carbocycles. The Kier molecular flexibility index (Phi) is 1.38. The number of amides is 4. The van der Waals surface area contributed by atoms with E-state index in [1.54, 1.807) is 0 Å². The zero-order valence-corrected chi connectivity index (χ0v) is 6.18. The molecule has 1 N–H and O–H groups in total. The highest BCUT2D eigenvalue weighted by molar-refractivity contribution is 6.52. The Labute approximate surface area is 71.3 Å². The van der Waals surface area contributed by atoms with Gasteiger partial charge in [0.25, 0.3) is 0 Å². The number of carbonyl (C=O) groups excluding carboxylic acids is 3. The second-order valence-corrected chi connectivity index (χ2v) is 2.28. The van der Waals surface area contributed by atoms with Crippen LogP contribution in [0, 0.1) is 0 Å². The van der Waals surface area contributed by atoms with Gasteiger partial charge in [-0.2, -0.15) is 0 Å². The van der Waals surface area contributed by atoms with E-state index in [-0.39, 0.29) is 5.69 Å². The second-order valence-electron chi connectivity index (χ2n) is 2.28. The van der Waals surface area contributed by atoms with E-state index in [9.17, 15) is 14.4 Å². The Morgan fingerprint density at radius 2 is 2.15 bits per heavy atom. The summed E-state index contributed by atoms with van der Waals surface area (Å²) in [5.74, 6) is -1.89. The van der Waals surface area contributed by atoms with Crippen LogP contribution in [0.2, 0.25) is 0 Å². The lowest BCUT2D eigenvalue weighted by molar-refractivity contribution is -0.134. The number of aromatic nitrogens is 1. The first-order chi connectivity index (χ1) is 6.20. The van der Waals surface area contributed by atoms with Gasteiger partial charge in [0.2, 0.25) is 0 Å². The summed E-state index contributed by atoms with van der Waals surface area (Å²) in [5, 5.41) is 5.13. The van der Waals surface area contributed by atoms with Crippen LogP contribution in [0.1, 0.15) is 0 Å². The van der Waals surface area contributed by atoms with Crippen LogP contribution in [-0.2, 0) is 9.59 Å². The van der Waals surface area contributed by atoms with Crippen molar-refractivity contribution in [3.63, 3.8) is 0 Å². The maximum Gasteiger partial charge on any atom is 0.336 e. The van der Waals surface area contributed by atoms with Crippen molar-refractivity contribution < 1.29 is 18.9 Å². The zero-order valence-electron chi connectivity index (χ0n) is 6.18. The van der Waals surface area contributed by atoms with Gasteiger partial charge in [-0.05, 0) is 0 Å². The molecule has 1 fully saturated rings. The summed E-state index contributed by atoms with van der Waals surface area (Å²) in [6.45, 7) is 0. The predicted octanol–water partition coefficient (Wildman–Crippen LogP) is -0.743. The summed E-state index contributed by atoms with van der Waals surface area (Å²) in [4.78, 5) is 33.4. The van der Waals surface area contributed by atoms with Gasteiger partial charge in [0, 0.05) is 0 Å². The summed E-state index contributed by atoms with van der Waals surface area (Å²) in [6, 6.07) is -0.793. The Bertz CT molecular complexity index is 383. The Morgan fingerprint density at radius 3 is 2.62 bits per heavy atom. The van der Waals surface area contributed by atoms with Crippen LogP contribution in [0.15, 0.2) is 17.0 Å². The van der Waals surface area contributed by atoms with Crippen molar-refractivity contribution in [2.75, 3.05) is 4.90 Å². The lowest BCUT2D eigenvalue weighted by atomic mass is 10.5. The summed E-state index contributed by atoms with van der Waals surface area (Å²) < 4.78 is 4.42. The molecule has 0 saturated carbocycles. The van der Waals surface area contributed by atoms with Crippen LogP contribution in [0.25, 0.3) is 0 Å². The molecule has 1 saturated heterocycles. The molecule has 7 nitrogen and oxygen atoms in total. The molecule has 0 spiro atoms. The molecule has 2 rings (SSSR count). The molecule has 66 valence electrons. The maximum absolute atomic E-state index is 11.0. The average Bonchev–Trinajstić information content (AvgIpc) is 2.63. The third kappa shape index (κ3) is 0.975. The molecule has 1 aromatic heterocycles. The van der Waals surface area contributed by atoms with E-state index in [0.29, 0.717) is 4.90 Å². The van der Waals surface area contributed by atoms with E-state index in [0.717, 1.165) is 12.5 Å². The first-order valence-electron chi connectivity index (χ1n) is 3.29. The highest BCUT2D eigenvalue weighted by Gasteiger charge is 2.38. The first-order valence-corrected chi connectivity index (χ1v) is 3.29. The maximum atomic E-state index is 11.0. The molecule has 0 unspecified atom stereocenters. The molecule has 0 radical (unpaired) electrons. The molecule has 1 aliphatic heterocycles.